The predicted octanol–water partition coefficient (Wildman–Crippen LogP) is 0.296. The lowest BCUT2D eigenvalue weighted by atomic mass is 10.0. The van der Waals surface area contributed by atoms with Crippen LogP contribution in [0.2, 0.25) is 0 Å². The van der Waals surface area contributed by atoms with Gasteiger partial charge in [-0.2, -0.15) is 5.26 Å². The Balaban J connectivity index is 0.000000546. The number of amides is 1. The number of carbonyl (C=O) groups excluding carboxylic acids is 1. The van der Waals surface area contributed by atoms with Crippen LogP contribution in [0.4, 0.5) is 0 Å². The van der Waals surface area contributed by atoms with Crippen LogP contribution in [0.15, 0.2) is 30.3 Å². The number of carboxylic acids is 1. The van der Waals surface area contributed by atoms with E-state index >= 15 is 0 Å². The van der Waals surface area contributed by atoms with E-state index in [0.717, 1.165) is 19.4 Å². The molecule has 0 radical (unpaired) electrons. The Labute approximate surface area is 129 Å². The third-order valence-electron chi connectivity index (χ3n) is 3.02. The third kappa shape index (κ3) is 6.83. The van der Waals surface area contributed by atoms with Gasteiger partial charge in [0.05, 0.1) is 12.1 Å². The normalized spacial score (nSPS) is 16.6. The predicted molar refractivity (Wildman–Crippen MR) is 80.5 cm³/mol. The SMILES string of the molecule is N#CCC(=O)O.NC1CCCN(Cc2ccccc2)C1=O.O. The molecule has 7 heteroatoms. The highest BCUT2D eigenvalue weighted by atomic mass is 16.4. The molecule has 0 spiro atoms. The van der Waals surface area contributed by atoms with Crippen LogP contribution in [0.25, 0.3) is 0 Å². The number of benzene rings is 1. The number of carboxylic acid groups (broad SMARTS) is 1. The summed E-state index contributed by atoms with van der Waals surface area (Å²) in [5.41, 5.74) is 6.90. The average Bonchev–Trinajstić information content (AvgIpc) is 2.46. The first-order chi connectivity index (χ1) is 10.0. The zero-order valence-corrected chi connectivity index (χ0v) is 12.2. The molecule has 1 aliphatic rings. The van der Waals surface area contributed by atoms with Gasteiger partial charge in [0.1, 0.15) is 6.42 Å². The zero-order chi connectivity index (χ0) is 15.7. The van der Waals surface area contributed by atoms with E-state index < -0.39 is 12.4 Å². The second kappa shape index (κ2) is 10.3. The van der Waals surface area contributed by atoms with E-state index in [1.165, 1.54) is 11.6 Å². The van der Waals surface area contributed by atoms with Crippen molar-refractivity contribution in [1.29, 1.82) is 5.26 Å². The van der Waals surface area contributed by atoms with Crippen molar-refractivity contribution < 1.29 is 20.2 Å². The monoisotopic (exact) mass is 307 g/mol. The molecule has 1 amide bonds. The van der Waals surface area contributed by atoms with E-state index in [1.807, 2.05) is 35.2 Å². The molecule has 1 fully saturated rings. The highest BCUT2D eigenvalue weighted by Crippen LogP contribution is 2.13. The lowest BCUT2D eigenvalue weighted by Gasteiger charge is -2.30. The second-order valence-corrected chi connectivity index (χ2v) is 4.72. The molecule has 0 bridgehead atoms. The van der Waals surface area contributed by atoms with Gasteiger partial charge in [0.2, 0.25) is 5.91 Å². The minimum atomic E-state index is -1.07. The number of hydrogen-bond donors (Lipinski definition) is 2. The van der Waals surface area contributed by atoms with Gasteiger partial charge < -0.3 is 21.2 Å². The van der Waals surface area contributed by atoms with E-state index in [2.05, 4.69) is 0 Å². The molecule has 1 aromatic rings. The van der Waals surface area contributed by atoms with Crippen LogP contribution in [0.5, 0.6) is 0 Å². The summed E-state index contributed by atoms with van der Waals surface area (Å²) in [7, 11) is 0. The molecule has 0 aliphatic carbocycles. The Kier molecular flexibility index (Phi) is 9.18. The van der Waals surface area contributed by atoms with Gasteiger partial charge in [0.15, 0.2) is 0 Å². The highest BCUT2D eigenvalue weighted by molar-refractivity contribution is 5.82. The van der Waals surface area contributed by atoms with Crippen molar-refractivity contribution in [3.8, 4) is 6.07 Å². The van der Waals surface area contributed by atoms with Crippen LogP contribution in [-0.4, -0.2) is 39.9 Å². The molecule has 7 nitrogen and oxygen atoms in total. The van der Waals surface area contributed by atoms with Crippen molar-refractivity contribution in [1.82, 2.24) is 4.90 Å². The Morgan fingerprint density at radius 2 is 2.05 bits per heavy atom. The average molecular weight is 307 g/mol. The van der Waals surface area contributed by atoms with Crippen LogP contribution in [-0.2, 0) is 16.1 Å². The number of nitrogens with two attached hydrogens (primary N) is 1. The van der Waals surface area contributed by atoms with E-state index in [-0.39, 0.29) is 17.4 Å². The molecule has 1 aromatic carbocycles. The topological polar surface area (TPSA) is 139 Å². The Hall–Kier alpha value is -2.43. The molecule has 5 N–H and O–H groups in total. The molecule has 22 heavy (non-hydrogen) atoms. The van der Waals surface area contributed by atoms with Crippen molar-refractivity contribution >= 4 is 11.9 Å². The summed E-state index contributed by atoms with van der Waals surface area (Å²) in [5.74, 6) is -0.984. The summed E-state index contributed by atoms with van der Waals surface area (Å²) in [6.45, 7) is 1.52. The summed E-state index contributed by atoms with van der Waals surface area (Å²) in [4.78, 5) is 23.0. The van der Waals surface area contributed by atoms with Crippen molar-refractivity contribution in [3.05, 3.63) is 35.9 Å². The Bertz CT molecular complexity index is 513. The molecule has 1 atom stereocenters. The van der Waals surface area contributed by atoms with Crippen LogP contribution in [0, 0.1) is 11.3 Å². The highest BCUT2D eigenvalue weighted by Gasteiger charge is 2.25. The first-order valence-corrected chi connectivity index (χ1v) is 6.71. The third-order valence-corrected chi connectivity index (χ3v) is 3.02. The standard InChI is InChI=1S/C12H16N2O.C3H3NO2.H2O/c13-11-7-4-8-14(12(11)15)9-10-5-2-1-3-6-10;4-2-1-3(5)6;/h1-3,5-6,11H,4,7-9,13H2;1H2,(H,5,6);1H2. The first-order valence-electron chi connectivity index (χ1n) is 6.71. The number of carbonyl (C=O) groups is 2. The van der Waals surface area contributed by atoms with Crippen molar-refractivity contribution in [2.75, 3.05) is 6.54 Å². The Morgan fingerprint density at radius 1 is 1.41 bits per heavy atom. The fraction of sp³-hybridized carbons (Fsp3) is 0.400. The van der Waals surface area contributed by atoms with Gasteiger partial charge in [-0.25, -0.2) is 0 Å². The molecule has 1 saturated heterocycles. The quantitative estimate of drug-likeness (QED) is 0.826. The van der Waals surface area contributed by atoms with Gasteiger partial charge in [-0.05, 0) is 18.4 Å². The molecule has 0 saturated carbocycles. The van der Waals surface area contributed by atoms with Crippen molar-refractivity contribution in [3.63, 3.8) is 0 Å². The lowest BCUT2D eigenvalue weighted by molar-refractivity contribution is -0.136. The minimum absolute atomic E-state index is 0. The van der Waals surface area contributed by atoms with E-state index in [1.54, 1.807) is 0 Å². The molecule has 1 unspecified atom stereocenters. The van der Waals surface area contributed by atoms with Gasteiger partial charge in [0.25, 0.3) is 0 Å². The summed E-state index contributed by atoms with van der Waals surface area (Å²) in [6, 6.07) is 11.2. The zero-order valence-electron chi connectivity index (χ0n) is 12.2. The second-order valence-electron chi connectivity index (χ2n) is 4.72. The number of nitriles is 1. The van der Waals surface area contributed by atoms with Gasteiger partial charge in [-0.1, -0.05) is 30.3 Å². The minimum Gasteiger partial charge on any atom is -0.480 e. The fourth-order valence-electron chi connectivity index (χ4n) is 2.00. The summed E-state index contributed by atoms with van der Waals surface area (Å²) >= 11 is 0. The molecular weight excluding hydrogens is 286 g/mol. The van der Waals surface area contributed by atoms with Gasteiger partial charge in [0, 0.05) is 13.1 Å². The number of piperidine rings is 1. The smallest absolute Gasteiger partial charge is 0.317 e. The number of likely N-dealkylation sites (tertiary alicyclic amines) is 1. The molecule has 2 rings (SSSR count). The molecule has 1 aliphatic heterocycles. The molecule has 0 aromatic heterocycles. The van der Waals surface area contributed by atoms with Crippen molar-refractivity contribution in [2.45, 2.75) is 31.8 Å². The maximum Gasteiger partial charge on any atom is 0.317 e. The van der Waals surface area contributed by atoms with E-state index in [0.29, 0.717) is 6.54 Å². The van der Waals surface area contributed by atoms with Gasteiger partial charge in [-0.3, -0.25) is 9.59 Å². The summed E-state index contributed by atoms with van der Waals surface area (Å²) in [5, 5.41) is 15.3. The maximum absolute atomic E-state index is 11.7. The first kappa shape index (κ1) is 19.6. The van der Waals surface area contributed by atoms with Crippen LogP contribution in [0.1, 0.15) is 24.8 Å². The summed E-state index contributed by atoms with van der Waals surface area (Å²) in [6.07, 6.45) is 1.43. The van der Waals surface area contributed by atoms with Crippen molar-refractivity contribution in [2.24, 2.45) is 5.73 Å². The van der Waals surface area contributed by atoms with E-state index in [4.69, 9.17) is 16.1 Å². The molecule has 1 heterocycles. The van der Waals surface area contributed by atoms with Gasteiger partial charge >= 0.3 is 5.97 Å². The Morgan fingerprint density at radius 3 is 2.55 bits per heavy atom. The lowest BCUT2D eigenvalue weighted by Crippen LogP contribution is -2.47. The number of hydrogen-bond acceptors (Lipinski definition) is 4. The number of rotatable bonds is 3. The largest absolute Gasteiger partial charge is 0.480 e. The van der Waals surface area contributed by atoms with Gasteiger partial charge in [-0.15, -0.1) is 0 Å². The number of aliphatic carboxylic acids is 1. The maximum atomic E-state index is 11.7. The fourth-order valence-corrected chi connectivity index (χ4v) is 2.00. The summed E-state index contributed by atoms with van der Waals surface area (Å²) < 4.78 is 0. The molecular formula is C15H21N3O4. The van der Waals surface area contributed by atoms with Crippen LogP contribution < -0.4 is 5.73 Å². The number of nitrogens with zero attached hydrogens (tertiary/aromatic N) is 2. The molecule has 120 valence electrons. The van der Waals surface area contributed by atoms with Crippen LogP contribution in [0.3, 0.4) is 0 Å². The van der Waals surface area contributed by atoms with E-state index in [9.17, 15) is 9.59 Å². The van der Waals surface area contributed by atoms with Crippen LogP contribution >= 0.6 is 0 Å².